The predicted molar refractivity (Wildman–Crippen MR) is 187 cm³/mol. The van der Waals surface area contributed by atoms with Crippen LogP contribution in [0, 0.1) is 23.5 Å². The van der Waals surface area contributed by atoms with Gasteiger partial charge in [0, 0.05) is 37.2 Å². The summed E-state index contributed by atoms with van der Waals surface area (Å²) in [5.74, 6) is -0.283. The van der Waals surface area contributed by atoms with Gasteiger partial charge in [0.1, 0.15) is 17.7 Å². The first-order valence-corrected chi connectivity index (χ1v) is 15.9. The molecule has 4 atom stereocenters. The number of carboxylic acids is 1. The molecule has 2 fully saturated rings. The summed E-state index contributed by atoms with van der Waals surface area (Å²) in [7, 11) is 1.94. The summed E-state index contributed by atoms with van der Waals surface area (Å²) in [6, 6.07) is 15.5. The number of hydrogen-bond donors (Lipinski definition) is 1. The van der Waals surface area contributed by atoms with Gasteiger partial charge in [0.25, 0.3) is 0 Å². The Kier molecular flexibility index (Phi) is 15.4. The maximum Gasteiger partial charge on any atom is 0.321 e. The molecule has 0 spiro atoms. The van der Waals surface area contributed by atoms with Gasteiger partial charge in [-0.1, -0.05) is 38.1 Å². The molecule has 5 rings (SSSR count). The Labute approximate surface area is 291 Å². The molecule has 3 unspecified atom stereocenters. The molecule has 1 saturated carbocycles. The lowest BCUT2D eigenvalue weighted by Crippen LogP contribution is -2.47. The SMILES string of the molecule is CCn1nc(Cc2cccc(F)c2)cc1C1CCN(CC2CC(N(C)[C@@H](C(=O)O)C(C)C)CC2c2cccc(F)c2)CC1.Cl.Cl.Cl. The molecule has 2 aromatic carbocycles. The van der Waals surface area contributed by atoms with Gasteiger partial charge in [0.2, 0.25) is 0 Å². The Morgan fingerprint density at radius 2 is 1.65 bits per heavy atom. The summed E-state index contributed by atoms with van der Waals surface area (Å²) in [5, 5.41) is 14.8. The number of hydrogen-bond acceptors (Lipinski definition) is 4. The standard InChI is InChI=1S/C35H46F2N4O2.3ClH/c1-5-41-33(20-30(38-41)17-24-8-6-10-28(36)16-24)25-12-14-40(15-13-25)22-27-19-31(39(4)34(23(2)3)35(42)43)21-32(27)26-9-7-11-29(37)18-26;;;/h6-11,16,18,20,23,25,27,31-32,34H,5,12-15,17,19,21-22H2,1-4H3,(H,42,43);3*1H/t27?,31?,32?,34-;;;/m1.../s1. The summed E-state index contributed by atoms with van der Waals surface area (Å²) in [6.45, 7) is 9.74. The van der Waals surface area contributed by atoms with Crippen LogP contribution in [0.3, 0.4) is 0 Å². The number of aryl methyl sites for hydroxylation is 1. The molecule has 1 aliphatic carbocycles. The quantitative estimate of drug-likeness (QED) is 0.221. The molecule has 0 bridgehead atoms. The van der Waals surface area contributed by atoms with Crippen LogP contribution in [-0.4, -0.2) is 69.4 Å². The second-order valence-electron chi connectivity index (χ2n) is 13.0. The van der Waals surface area contributed by atoms with Gasteiger partial charge in [-0.2, -0.15) is 5.10 Å². The monoisotopic (exact) mass is 700 g/mol. The third-order valence-corrected chi connectivity index (χ3v) is 9.78. The first-order chi connectivity index (χ1) is 20.6. The minimum absolute atomic E-state index is 0. The molecule has 0 amide bonds. The molecular weight excluding hydrogens is 653 g/mol. The second kappa shape index (κ2) is 17.8. The average molecular weight is 702 g/mol. The average Bonchev–Trinajstić information content (AvgIpc) is 3.57. The largest absolute Gasteiger partial charge is 0.480 e. The maximum absolute atomic E-state index is 14.3. The molecular formula is C35H49Cl3F2N4O2. The van der Waals surface area contributed by atoms with Gasteiger partial charge in [0.05, 0.1) is 5.69 Å². The predicted octanol–water partition coefficient (Wildman–Crippen LogP) is 7.82. The lowest BCUT2D eigenvalue weighted by atomic mass is 9.87. The van der Waals surface area contributed by atoms with Crippen molar-refractivity contribution in [3.05, 3.63) is 88.7 Å². The zero-order valence-electron chi connectivity index (χ0n) is 27.1. The first kappa shape index (κ1) is 39.9. The van der Waals surface area contributed by atoms with Crippen LogP contribution in [0.1, 0.15) is 80.8 Å². The number of aromatic nitrogens is 2. The molecule has 1 saturated heterocycles. The minimum Gasteiger partial charge on any atom is -0.480 e. The van der Waals surface area contributed by atoms with Gasteiger partial charge in [-0.05, 0) is 112 Å². The zero-order chi connectivity index (χ0) is 30.7. The molecule has 6 nitrogen and oxygen atoms in total. The lowest BCUT2D eigenvalue weighted by molar-refractivity contribution is -0.145. The number of carbonyl (C=O) groups is 1. The van der Waals surface area contributed by atoms with Crippen molar-refractivity contribution in [2.24, 2.45) is 11.8 Å². The molecule has 46 heavy (non-hydrogen) atoms. The first-order valence-electron chi connectivity index (χ1n) is 15.9. The van der Waals surface area contributed by atoms with Crippen LogP contribution >= 0.6 is 37.2 Å². The van der Waals surface area contributed by atoms with E-state index in [1.165, 1.54) is 17.8 Å². The summed E-state index contributed by atoms with van der Waals surface area (Å²) in [5.41, 5.74) is 4.19. The Morgan fingerprint density at radius 3 is 2.24 bits per heavy atom. The third kappa shape index (κ3) is 9.44. The van der Waals surface area contributed by atoms with Gasteiger partial charge in [-0.15, -0.1) is 37.2 Å². The zero-order valence-corrected chi connectivity index (χ0v) is 29.6. The highest BCUT2D eigenvalue weighted by Gasteiger charge is 2.42. The van der Waals surface area contributed by atoms with Crippen molar-refractivity contribution >= 4 is 43.2 Å². The summed E-state index contributed by atoms with van der Waals surface area (Å²) < 4.78 is 30.1. The van der Waals surface area contributed by atoms with E-state index in [1.54, 1.807) is 24.3 Å². The number of benzene rings is 2. The Balaban J connectivity index is 0.00000245. The van der Waals surface area contributed by atoms with Crippen molar-refractivity contribution in [2.45, 2.75) is 83.3 Å². The topological polar surface area (TPSA) is 61.6 Å². The van der Waals surface area contributed by atoms with Crippen molar-refractivity contribution in [1.29, 1.82) is 0 Å². The molecule has 1 aliphatic heterocycles. The van der Waals surface area contributed by atoms with Crippen molar-refractivity contribution in [3.8, 4) is 0 Å². The second-order valence-corrected chi connectivity index (χ2v) is 13.0. The molecule has 1 N–H and O–H groups in total. The van der Waals surface area contributed by atoms with Crippen LogP contribution in [-0.2, 0) is 17.8 Å². The molecule has 3 aromatic rings. The molecule has 2 heterocycles. The van der Waals surface area contributed by atoms with Crippen LogP contribution in [0.5, 0.6) is 0 Å². The summed E-state index contributed by atoms with van der Waals surface area (Å²) in [6.07, 6.45) is 4.44. The van der Waals surface area contributed by atoms with Gasteiger partial charge in [0.15, 0.2) is 0 Å². The number of likely N-dealkylation sites (N-methyl/N-ethyl adjacent to an activating group) is 1. The number of carboxylic acid groups (broad SMARTS) is 1. The van der Waals surface area contributed by atoms with Crippen LogP contribution in [0.2, 0.25) is 0 Å². The van der Waals surface area contributed by atoms with E-state index in [0.29, 0.717) is 18.3 Å². The van der Waals surface area contributed by atoms with E-state index < -0.39 is 12.0 Å². The Morgan fingerprint density at radius 1 is 1.00 bits per heavy atom. The van der Waals surface area contributed by atoms with Gasteiger partial charge in [-0.25, -0.2) is 8.78 Å². The Bertz CT molecular complexity index is 1400. The van der Waals surface area contributed by atoms with Crippen molar-refractivity contribution in [1.82, 2.24) is 19.6 Å². The van der Waals surface area contributed by atoms with Gasteiger partial charge < -0.3 is 10.0 Å². The van der Waals surface area contributed by atoms with E-state index >= 15 is 0 Å². The van der Waals surface area contributed by atoms with Crippen LogP contribution in [0.15, 0.2) is 54.6 Å². The van der Waals surface area contributed by atoms with E-state index in [9.17, 15) is 18.7 Å². The number of aliphatic carboxylic acids is 1. The van der Waals surface area contributed by atoms with Gasteiger partial charge in [-0.3, -0.25) is 14.4 Å². The van der Waals surface area contributed by atoms with E-state index in [0.717, 1.165) is 68.7 Å². The van der Waals surface area contributed by atoms with Crippen LogP contribution < -0.4 is 0 Å². The lowest BCUT2D eigenvalue weighted by Gasteiger charge is -2.35. The molecule has 0 radical (unpaired) electrons. The molecule has 1 aromatic heterocycles. The van der Waals surface area contributed by atoms with E-state index in [-0.39, 0.29) is 66.7 Å². The number of piperidine rings is 1. The Hall–Kier alpha value is -2.23. The smallest absolute Gasteiger partial charge is 0.321 e. The minimum atomic E-state index is -0.782. The van der Waals surface area contributed by atoms with Crippen molar-refractivity contribution < 1.29 is 18.7 Å². The molecule has 2 aliphatic rings. The number of halogens is 5. The van der Waals surface area contributed by atoms with E-state index in [4.69, 9.17) is 5.10 Å². The fourth-order valence-electron chi connectivity index (χ4n) is 7.69. The van der Waals surface area contributed by atoms with Crippen LogP contribution in [0.4, 0.5) is 8.78 Å². The highest BCUT2D eigenvalue weighted by molar-refractivity contribution is 5.86. The summed E-state index contributed by atoms with van der Waals surface area (Å²) >= 11 is 0. The number of likely N-dealkylation sites (tertiary alicyclic amines) is 1. The fourth-order valence-corrected chi connectivity index (χ4v) is 7.69. The van der Waals surface area contributed by atoms with Crippen molar-refractivity contribution in [3.63, 3.8) is 0 Å². The van der Waals surface area contributed by atoms with E-state index in [2.05, 4.69) is 27.5 Å². The molecule has 11 heteroatoms. The van der Waals surface area contributed by atoms with Gasteiger partial charge >= 0.3 is 5.97 Å². The maximum atomic E-state index is 14.3. The van der Waals surface area contributed by atoms with Crippen LogP contribution in [0.25, 0.3) is 0 Å². The number of rotatable bonds is 11. The summed E-state index contributed by atoms with van der Waals surface area (Å²) in [4.78, 5) is 16.7. The fraction of sp³-hybridized carbons (Fsp3) is 0.543. The van der Waals surface area contributed by atoms with Crippen molar-refractivity contribution in [2.75, 3.05) is 26.7 Å². The molecule has 256 valence electrons. The normalized spacial score (nSPS) is 21.0. The third-order valence-electron chi connectivity index (χ3n) is 9.78. The highest BCUT2D eigenvalue weighted by atomic mass is 35.5. The highest BCUT2D eigenvalue weighted by Crippen LogP contribution is 2.43. The number of nitrogens with zero attached hydrogens (tertiary/aromatic N) is 4. The van der Waals surface area contributed by atoms with E-state index in [1.807, 2.05) is 33.0 Å².